The molecule has 0 atom stereocenters. The topological polar surface area (TPSA) is 73.5 Å². The SMILES string of the molecule is CC(C)N=CCC(=N)C(=O)O. The van der Waals surface area contributed by atoms with Crippen LogP contribution in [0.5, 0.6) is 0 Å². The third-order valence-electron chi connectivity index (χ3n) is 0.957. The Bertz CT molecular complexity index is 185. The second kappa shape index (κ2) is 4.60. The minimum absolute atomic E-state index is 0.105. The minimum atomic E-state index is -1.18. The molecule has 0 unspecified atom stereocenters. The molecule has 0 spiro atoms. The van der Waals surface area contributed by atoms with E-state index in [0.717, 1.165) is 0 Å². The summed E-state index contributed by atoms with van der Waals surface area (Å²) in [7, 11) is 0. The molecule has 0 aromatic heterocycles. The lowest BCUT2D eigenvalue weighted by molar-refractivity contribution is -0.129. The van der Waals surface area contributed by atoms with Crippen LogP contribution in [0.3, 0.4) is 0 Å². The highest BCUT2D eigenvalue weighted by atomic mass is 16.4. The molecule has 0 saturated carbocycles. The van der Waals surface area contributed by atoms with E-state index in [0.29, 0.717) is 0 Å². The summed E-state index contributed by atoms with van der Waals surface area (Å²) in [6, 6.07) is 0.164. The summed E-state index contributed by atoms with van der Waals surface area (Å²) in [5.74, 6) is -1.18. The van der Waals surface area contributed by atoms with Crippen molar-refractivity contribution in [3.8, 4) is 0 Å². The Morgan fingerprint density at radius 1 is 1.73 bits per heavy atom. The third kappa shape index (κ3) is 5.26. The van der Waals surface area contributed by atoms with Crippen LogP contribution in [0.2, 0.25) is 0 Å². The molecule has 0 aliphatic rings. The van der Waals surface area contributed by atoms with Gasteiger partial charge in [-0.15, -0.1) is 0 Å². The number of rotatable bonds is 4. The Morgan fingerprint density at radius 2 is 2.27 bits per heavy atom. The number of carbonyl (C=O) groups is 1. The first-order chi connectivity index (χ1) is 5.04. The Balaban J connectivity index is 3.71. The molecule has 0 fully saturated rings. The van der Waals surface area contributed by atoms with Crippen LogP contribution in [-0.2, 0) is 4.79 Å². The average molecular weight is 156 g/mol. The van der Waals surface area contributed by atoms with Crippen molar-refractivity contribution in [1.82, 2.24) is 0 Å². The number of aliphatic imine (C=N–C) groups is 1. The number of nitrogens with one attached hydrogen (secondary N) is 1. The third-order valence-corrected chi connectivity index (χ3v) is 0.957. The number of hydrogen-bond acceptors (Lipinski definition) is 3. The van der Waals surface area contributed by atoms with E-state index in [9.17, 15) is 4.79 Å². The maximum absolute atomic E-state index is 10.1. The first-order valence-electron chi connectivity index (χ1n) is 3.36. The first kappa shape index (κ1) is 9.81. The summed E-state index contributed by atoms with van der Waals surface area (Å²) in [5, 5.41) is 15.2. The van der Waals surface area contributed by atoms with Gasteiger partial charge in [0.2, 0.25) is 0 Å². The van der Waals surface area contributed by atoms with Gasteiger partial charge in [0.1, 0.15) is 5.71 Å². The second-order valence-corrected chi connectivity index (χ2v) is 2.41. The molecule has 0 heterocycles. The van der Waals surface area contributed by atoms with Crippen LogP contribution < -0.4 is 0 Å². The van der Waals surface area contributed by atoms with Gasteiger partial charge in [-0.05, 0) is 13.8 Å². The van der Waals surface area contributed by atoms with Gasteiger partial charge in [0, 0.05) is 18.7 Å². The van der Waals surface area contributed by atoms with Crippen molar-refractivity contribution in [3.63, 3.8) is 0 Å². The van der Waals surface area contributed by atoms with Gasteiger partial charge in [-0.1, -0.05) is 0 Å². The van der Waals surface area contributed by atoms with Gasteiger partial charge in [0.05, 0.1) is 0 Å². The monoisotopic (exact) mass is 156 g/mol. The highest BCUT2D eigenvalue weighted by Crippen LogP contribution is 1.86. The van der Waals surface area contributed by atoms with E-state index in [1.54, 1.807) is 0 Å². The largest absolute Gasteiger partial charge is 0.477 e. The molecule has 0 aliphatic heterocycles. The zero-order valence-corrected chi connectivity index (χ0v) is 6.66. The van der Waals surface area contributed by atoms with E-state index in [2.05, 4.69) is 4.99 Å². The van der Waals surface area contributed by atoms with E-state index in [1.165, 1.54) is 6.21 Å². The summed E-state index contributed by atoms with van der Waals surface area (Å²) < 4.78 is 0. The second-order valence-electron chi connectivity index (χ2n) is 2.41. The van der Waals surface area contributed by atoms with Crippen LogP contribution in [0.1, 0.15) is 20.3 Å². The molecule has 11 heavy (non-hydrogen) atoms. The van der Waals surface area contributed by atoms with Crippen molar-refractivity contribution in [2.24, 2.45) is 4.99 Å². The quantitative estimate of drug-likeness (QED) is 0.595. The van der Waals surface area contributed by atoms with E-state index < -0.39 is 5.97 Å². The van der Waals surface area contributed by atoms with Crippen LogP contribution >= 0.6 is 0 Å². The molecule has 62 valence electrons. The molecule has 0 bridgehead atoms. The molecular weight excluding hydrogens is 144 g/mol. The fourth-order valence-corrected chi connectivity index (χ4v) is 0.442. The predicted octanol–water partition coefficient (Wildman–Crippen LogP) is 0.960. The van der Waals surface area contributed by atoms with Crippen LogP contribution in [0, 0.1) is 5.41 Å². The number of nitrogens with zero attached hydrogens (tertiary/aromatic N) is 1. The van der Waals surface area contributed by atoms with Gasteiger partial charge in [-0.3, -0.25) is 10.4 Å². The molecule has 0 rings (SSSR count). The highest BCUT2D eigenvalue weighted by molar-refractivity contribution is 6.36. The molecule has 0 amide bonds. The van der Waals surface area contributed by atoms with Crippen LogP contribution in [0.15, 0.2) is 4.99 Å². The summed E-state index contributed by atoms with van der Waals surface area (Å²) in [6.45, 7) is 3.78. The van der Waals surface area contributed by atoms with E-state index in [-0.39, 0.29) is 18.2 Å². The maximum Gasteiger partial charge on any atom is 0.349 e. The van der Waals surface area contributed by atoms with Crippen LogP contribution in [-0.4, -0.2) is 29.0 Å². The van der Waals surface area contributed by atoms with Crippen molar-refractivity contribution in [3.05, 3.63) is 0 Å². The van der Waals surface area contributed by atoms with E-state index >= 15 is 0 Å². The zero-order chi connectivity index (χ0) is 8.85. The van der Waals surface area contributed by atoms with Crippen molar-refractivity contribution < 1.29 is 9.90 Å². The molecule has 0 aromatic carbocycles. The van der Waals surface area contributed by atoms with Crippen molar-refractivity contribution in [2.45, 2.75) is 26.3 Å². The van der Waals surface area contributed by atoms with Gasteiger partial charge in [-0.25, -0.2) is 4.79 Å². The Labute approximate surface area is 65.5 Å². The van der Waals surface area contributed by atoms with Gasteiger partial charge in [-0.2, -0.15) is 0 Å². The van der Waals surface area contributed by atoms with Gasteiger partial charge in [0.25, 0.3) is 0 Å². The maximum atomic E-state index is 10.1. The lowest BCUT2D eigenvalue weighted by Gasteiger charge is -1.94. The van der Waals surface area contributed by atoms with E-state index in [4.69, 9.17) is 10.5 Å². The van der Waals surface area contributed by atoms with E-state index in [1.807, 2.05) is 13.8 Å². The van der Waals surface area contributed by atoms with Crippen LogP contribution in [0.4, 0.5) is 0 Å². The molecule has 0 saturated heterocycles. The zero-order valence-electron chi connectivity index (χ0n) is 6.66. The fraction of sp³-hybridized carbons (Fsp3) is 0.571. The highest BCUT2D eigenvalue weighted by Gasteiger charge is 2.02. The Morgan fingerprint density at radius 3 is 2.64 bits per heavy atom. The minimum Gasteiger partial charge on any atom is -0.477 e. The molecular formula is C7H12N2O2. The molecule has 0 aromatic rings. The summed E-state index contributed by atoms with van der Waals surface area (Å²) in [4.78, 5) is 14.0. The van der Waals surface area contributed by atoms with Gasteiger partial charge < -0.3 is 5.11 Å². The average Bonchev–Trinajstić information content (AvgIpc) is 1.86. The summed E-state index contributed by atoms with van der Waals surface area (Å²) in [5.41, 5.74) is -0.325. The lowest BCUT2D eigenvalue weighted by atomic mass is 10.3. The molecule has 0 radical (unpaired) electrons. The molecule has 2 N–H and O–H groups in total. The van der Waals surface area contributed by atoms with Gasteiger partial charge >= 0.3 is 5.97 Å². The predicted molar refractivity (Wildman–Crippen MR) is 43.6 cm³/mol. The van der Waals surface area contributed by atoms with Crippen LogP contribution in [0.25, 0.3) is 0 Å². The summed E-state index contributed by atoms with van der Waals surface area (Å²) in [6.07, 6.45) is 1.56. The normalized spacial score (nSPS) is 10.8. The van der Waals surface area contributed by atoms with Crippen molar-refractivity contribution in [1.29, 1.82) is 5.41 Å². The molecule has 4 nitrogen and oxygen atoms in total. The smallest absolute Gasteiger partial charge is 0.349 e. The standard InChI is InChI=1S/C7H12N2O2/c1-5(2)9-4-3-6(8)7(10)11/h4-5,8H,3H2,1-2H3,(H,10,11). The molecule has 0 aliphatic carbocycles. The van der Waals surface area contributed by atoms with Crippen molar-refractivity contribution >= 4 is 17.9 Å². The number of carboxylic acids is 1. The summed E-state index contributed by atoms with van der Waals surface area (Å²) >= 11 is 0. The first-order valence-corrected chi connectivity index (χ1v) is 3.36. The Kier molecular flexibility index (Phi) is 4.10. The Hall–Kier alpha value is -1.19. The lowest BCUT2D eigenvalue weighted by Crippen LogP contribution is -2.11. The fourth-order valence-electron chi connectivity index (χ4n) is 0.442. The number of carboxylic acid groups (broad SMARTS) is 1. The van der Waals surface area contributed by atoms with Crippen molar-refractivity contribution in [2.75, 3.05) is 0 Å². The molecule has 4 heteroatoms. The number of aliphatic carboxylic acids is 1. The van der Waals surface area contributed by atoms with Gasteiger partial charge in [0.15, 0.2) is 0 Å². The number of hydrogen-bond donors (Lipinski definition) is 2.